The molecule has 0 bridgehead atoms. The summed E-state index contributed by atoms with van der Waals surface area (Å²) in [5.74, 6) is 1.91. The predicted octanol–water partition coefficient (Wildman–Crippen LogP) is 13.3. The molecule has 1 aliphatic carbocycles. The fraction of sp³-hybridized carbons (Fsp3) is 0.0577. The molecule has 260 valence electrons. The zero-order valence-electron chi connectivity index (χ0n) is 30.7. The maximum absolute atomic E-state index is 5.31. The Morgan fingerprint density at radius 2 is 0.764 bits per heavy atom. The first-order valence-corrected chi connectivity index (χ1v) is 18.9. The molecule has 0 aliphatic heterocycles. The molecule has 3 nitrogen and oxygen atoms in total. The molecule has 8 aromatic carbocycles. The number of nitrogens with zero attached hydrogens (tertiary/aromatic N) is 3. The van der Waals surface area contributed by atoms with Gasteiger partial charge in [0.2, 0.25) is 0 Å². The van der Waals surface area contributed by atoms with E-state index in [0.29, 0.717) is 17.5 Å². The van der Waals surface area contributed by atoms with Gasteiger partial charge in [-0.1, -0.05) is 190 Å². The highest BCUT2D eigenvalue weighted by molar-refractivity contribution is 5.99. The third-order valence-electron chi connectivity index (χ3n) is 11.2. The van der Waals surface area contributed by atoms with E-state index in [1.54, 1.807) is 0 Å². The number of benzene rings is 8. The van der Waals surface area contributed by atoms with E-state index in [4.69, 9.17) is 15.0 Å². The van der Waals surface area contributed by atoms with Crippen molar-refractivity contribution in [3.63, 3.8) is 0 Å². The van der Waals surface area contributed by atoms with Crippen molar-refractivity contribution in [2.45, 2.75) is 19.3 Å². The Balaban J connectivity index is 1.17. The van der Waals surface area contributed by atoms with E-state index in [9.17, 15) is 0 Å². The summed E-state index contributed by atoms with van der Waals surface area (Å²) in [7, 11) is 0. The van der Waals surface area contributed by atoms with E-state index in [1.165, 1.54) is 27.8 Å². The largest absolute Gasteiger partial charge is 0.208 e. The molecule has 0 saturated heterocycles. The molecule has 1 aliphatic rings. The van der Waals surface area contributed by atoms with Crippen LogP contribution >= 0.6 is 0 Å². The summed E-state index contributed by atoms with van der Waals surface area (Å²) in [6.07, 6.45) is 0. The standard InChI is InChI=1S/C52H37N3/c1-52(2)47-27-14-13-23-41(47)42-31-30-38(33-48(42)52)37-29-28-36-20-15-26-45(46(36)32-37)51-54-49(43-24-11-9-21-39(43)34-16-5-3-6-17-34)53-50(55-51)44-25-12-10-22-40(44)35-18-7-4-8-19-35/h3-33H,1-2H3. The lowest BCUT2D eigenvalue weighted by Crippen LogP contribution is -2.14. The van der Waals surface area contributed by atoms with Crippen LogP contribution in [0.25, 0.3) is 89.4 Å². The summed E-state index contributed by atoms with van der Waals surface area (Å²) in [4.78, 5) is 15.9. The fourth-order valence-electron chi connectivity index (χ4n) is 8.36. The maximum Gasteiger partial charge on any atom is 0.164 e. The Hall–Kier alpha value is -6.97. The molecule has 10 rings (SSSR count). The molecule has 0 saturated carbocycles. The predicted molar refractivity (Wildman–Crippen MR) is 228 cm³/mol. The van der Waals surface area contributed by atoms with Crippen LogP contribution in [0.2, 0.25) is 0 Å². The van der Waals surface area contributed by atoms with Crippen LogP contribution in [0, 0.1) is 0 Å². The van der Waals surface area contributed by atoms with E-state index < -0.39 is 0 Å². The van der Waals surface area contributed by atoms with E-state index in [0.717, 1.165) is 55.3 Å². The summed E-state index contributed by atoms with van der Waals surface area (Å²) in [6.45, 7) is 4.67. The molecule has 0 atom stereocenters. The summed E-state index contributed by atoms with van der Waals surface area (Å²) < 4.78 is 0. The lowest BCUT2D eigenvalue weighted by atomic mass is 9.81. The Labute approximate surface area is 321 Å². The van der Waals surface area contributed by atoms with Crippen molar-refractivity contribution >= 4 is 10.8 Å². The van der Waals surface area contributed by atoms with Crippen molar-refractivity contribution in [3.8, 4) is 78.7 Å². The van der Waals surface area contributed by atoms with Gasteiger partial charge in [-0.15, -0.1) is 0 Å². The first-order valence-electron chi connectivity index (χ1n) is 18.9. The summed E-state index contributed by atoms with van der Waals surface area (Å²) in [6, 6.07) is 66.6. The van der Waals surface area contributed by atoms with Crippen molar-refractivity contribution in [2.24, 2.45) is 0 Å². The van der Waals surface area contributed by atoms with Crippen LogP contribution in [0.5, 0.6) is 0 Å². The Morgan fingerprint density at radius 1 is 0.309 bits per heavy atom. The van der Waals surface area contributed by atoms with E-state index >= 15 is 0 Å². The van der Waals surface area contributed by atoms with Crippen LogP contribution in [0.1, 0.15) is 25.0 Å². The first-order chi connectivity index (χ1) is 27.0. The van der Waals surface area contributed by atoms with Crippen molar-refractivity contribution < 1.29 is 0 Å². The Kier molecular flexibility index (Phi) is 7.81. The second kappa shape index (κ2) is 13.2. The van der Waals surface area contributed by atoms with E-state index in [-0.39, 0.29) is 5.41 Å². The maximum atomic E-state index is 5.31. The van der Waals surface area contributed by atoms with Crippen molar-refractivity contribution in [2.75, 3.05) is 0 Å². The van der Waals surface area contributed by atoms with Crippen LogP contribution in [0.15, 0.2) is 188 Å². The van der Waals surface area contributed by atoms with Gasteiger partial charge in [0.25, 0.3) is 0 Å². The topological polar surface area (TPSA) is 38.7 Å². The number of rotatable bonds is 6. The van der Waals surface area contributed by atoms with Crippen LogP contribution in [0.4, 0.5) is 0 Å². The Bertz CT molecular complexity index is 2790. The number of fused-ring (bicyclic) bond motifs is 4. The average Bonchev–Trinajstić information content (AvgIpc) is 3.49. The average molecular weight is 704 g/mol. The van der Waals surface area contributed by atoms with Gasteiger partial charge in [-0.2, -0.15) is 0 Å². The molecule has 3 heteroatoms. The quantitative estimate of drug-likeness (QED) is 0.173. The fourth-order valence-corrected chi connectivity index (χ4v) is 8.36. The van der Waals surface area contributed by atoms with Gasteiger partial charge in [-0.05, 0) is 78.5 Å². The van der Waals surface area contributed by atoms with Crippen molar-refractivity contribution in [1.82, 2.24) is 15.0 Å². The number of hydrogen-bond acceptors (Lipinski definition) is 3. The molecule has 0 spiro atoms. The van der Waals surface area contributed by atoms with Gasteiger partial charge in [-0.25, -0.2) is 15.0 Å². The molecule has 0 N–H and O–H groups in total. The van der Waals surface area contributed by atoms with E-state index in [2.05, 4.69) is 190 Å². The summed E-state index contributed by atoms with van der Waals surface area (Å²) in [5, 5.41) is 2.23. The minimum atomic E-state index is -0.0757. The van der Waals surface area contributed by atoms with Gasteiger partial charge in [0.1, 0.15) is 0 Å². The van der Waals surface area contributed by atoms with Gasteiger partial charge < -0.3 is 0 Å². The molecule has 0 fully saturated rings. The summed E-state index contributed by atoms with van der Waals surface area (Å²) in [5.41, 5.74) is 14.9. The molecule has 9 aromatic rings. The van der Waals surface area contributed by atoms with Crippen LogP contribution < -0.4 is 0 Å². The SMILES string of the molecule is CC1(C)c2ccccc2-c2ccc(-c3ccc4cccc(-c5nc(-c6ccccc6-c6ccccc6)nc(-c6ccccc6-c6ccccc6)n5)c4c3)cc21. The Morgan fingerprint density at radius 3 is 1.38 bits per heavy atom. The molecule has 1 heterocycles. The second-order valence-electron chi connectivity index (χ2n) is 14.8. The molecule has 0 unspecified atom stereocenters. The zero-order valence-corrected chi connectivity index (χ0v) is 30.7. The van der Waals surface area contributed by atoms with Gasteiger partial charge in [0.15, 0.2) is 17.5 Å². The molecular weight excluding hydrogens is 667 g/mol. The van der Waals surface area contributed by atoms with Crippen molar-refractivity contribution in [3.05, 3.63) is 199 Å². The van der Waals surface area contributed by atoms with Gasteiger partial charge in [-0.3, -0.25) is 0 Å². The highest BCUT2D eigenvalue weighted by Crippen LogP contribution is 2.49. The molecule has 1 aromatic heterocycles. The second-order valence-corrected chi connectivity index (χ2v) is 14.8. The molecule has 55 heavy (non-hydrogen) atoms. The van der Waals surface area contributed by atoms with Crippen molar-refractivity contribution in [1.29, 1.82) is 0 Å². The van der Waals surface area contributed by atoms with Gasteiger partial charge in [0, 0.05) is 22.1 Å². The third kappa shape index (κ3) is 5.64. The van der Waals surface area contributed by atoms with Crippen LogP contribution in [-0.2, 0) is 5.41 Å². The minimum absolute atomic E-state index is 0.0757. The molecular formula is C52H37N3. The normalized spacial score (nSPS) is 12.7. The summed E-state index contributed by atoms with van der Waals surface area (Å²) >= 11 is 0. The zero-order chi connectivity index (χ0) is 36.9. The smallest absolute Gasteiger partial charge is 0.164 e. The van der Waals surface area contributed by atoms with Gasteiger partial charge >= 0.3 is 0 Å². The van der Waals surface area contributed by atoms with Gasteiger partial charge in [0.05, 0.1) is 0 Å². The lowest BCUT2D eigenvalue weighted by molar-refractivity contribution is 0.660. The number of aromatic nitrogens is 3. The highest BCUT2D eigenvalue weighted by atomic mass is 15.0. The lowest BCUT2D eigenvalue weighted by Gasteiger charge is -2.22. The first kappa shape index (κ1) is 32.7. The third-order valence-corrected chi connectivity index (χ3v) is 11.2. The molecule has 0 radical (unpaired) electrons. The van der Waals surface area contributed by atoms with E-state index in [1.807, 2.05) is 12.1 Å². The number of hydrogen-bond donors (Lipinski definition) is 0. The molecule has 0 amide bonds. The minimum Gasteiger partial charge on any atom is -0.208 e. The van der Waals surface area contributed by atoms with Crippen LogP contribution in [0.3, 0.4) is 0 Å². The highest BCUT2D eigenvalue weighted by Gasteiger charge is 2.35. The monoisotopic (exact) mass is 703 g/mol. The van der Waals surface area contributed by atoms with Crippen LogP contribution in [-0.4, -0.2) is 15.0 Å².